The molecule has 0 saturated carbocycles. The lowest BCUT2D eigenvalue weighted by Crippen LogP contribution is -2.42. The molecule has 1 aromatic rings. The highest BCUT2D eigenvalue weighted by atomic mass is 32.2. The number of amides is 2. The zero-order valence-electron chi connectivity index (χ0n) is 13.4. The Labute approximate surface area is 145 Å². The topological polar surface area (TPSA) is 59.1 Å². The number of benzene rings is 1. The van der Waals surface area contributed by atoms with Gasteiger partial charge in [0.25, 0.3) is 0 Å². The summed E-state index contributed by atoms with van der Waals surface area (Å²) in [5.74, 6) is 3.20. The van der Waals surface area contributed by atoms with Crippen LogP contribution in [0.2, 0.25) is 0 Å². The van der Waals surface area contributed by atoms with Gasteiger partial charge in [0.15, 0.2) is 11.5 Å². The van der Waals surface area contributed by atoms with Crippen LogP contribution < -0.4 is 14.4 Å². The van der Waals surface area contributed by atoms with Crippen LogP contribution in [0, 0.1) is 5.92 Å². The number of thioether (sulfide) groups is 1. The Kier molecular flexibility index (Phi) is 4.26. The molecule has 4 rings (SSSR count). The molecule has 0 aromatic heterocycles. The van der Waals surface area contributed by atoms with Crippen molar-refractivity contribution in [1.82, 2.24) is 4.90 Å². The minimum absolute atomic E-state index is 0.00332. The lowest BCUT2D eigenvalue weighted by atomic mass is 10.1. The summed E-state index contributed by atoms with van der Waals surface area (Å²) in [5, 5.41) is 0. The number of ether oxygens (including phenoxy) is 2. The van der Waals surface area contributed by atoms with Gasteiger partial charge in [0.1, 0.15) is 13.2 Å². The van der Waals surface area contributed by atoms with Gasteiger partial charge in [0, 0.05) is 49.3 Å². The number of fused-ring (bicyclic) bond motifs is 1. The van der Waals surface area contributed by atoms with Gasteiger partial charge in [-0.1, -0.05) is 0 Å². The van der Waals surface area contributed by atoms with E-state index in [0.29, 0.717) is 31.3 Å². The fourth-order valence-electron chi connectivity index (χ4n) is 3.36. The van der Waals surface area contributed by atoms with E-state index in [1.165, 1.54) is 0 Å². The van der Waals surface area contributed by atoms with Gasteiger partial charge < -0.3 is 19.3 Å². The maximum absolute atomic E-state index is 12.6. The van der Waals surface area contributed by atoms with Crippen molar-refractivity contribution in [2.75, 3.05) is 49.3 Å². The van der Waals surface area contributed by atoms with Gasteiger partial charge in [-0.2, -0.15) is 11.8 Å². The molecular formula is C17H20N2O4S. The third-order valence-corrected chi connectivity index (χ3v) is 5.58. The van der Waals surface area contributed by atoms with Crippen LogP contribution in [0.1, 0.15) is 6.42 Å². The second-order valence-electron chi connectivity index (χ2n) is 6.17. The Morgan fingerprint density at radius 2 is 1.88 bits per heavy atom. The Morgan fingerprint density at radius 1 is 1.12 bits per heavy atom. The lowest BCUT2D eigenvalue weighted by Gasteiger charge is -2.28. The zero-order chi connectivity index (χ0) is 16.5. The molecule has 0 aliphatic carbocycles. The molecule has 2 fully saturated rings. The first kappa shape index (κ1) is 15.6. The third kappa shape index (κ3) is 2.92. The highest BCUT2D eigenvalue weighted by molar-refractivity contribution is 7.99. The van der Waals surface area contributed by atoms with Crippen LogP contribution >= 0.6 is 11.8 Å². The molecule has 2 saturated heterocycles. The van der Waals surface area contributed by atoms with E-state index in [1.54, 1.807) is 4.90 Å². The Balaban J connectivity index is 1.48. The molecule has 0 bridgehead atoms. The summed E-state index contributed by atoms with van der Waals surface area (Å²) in [6.07, 6.45) is 0.289. The quantitative estimate of drug-likeness (QED) is 0.808. The van der Waals surface area contributed by atoms with Crippen molar-refractivity contribution in [3.05, 3.63) is 18.2 Å². The second-order valence-corrected chi connectivity index (χ2v) is 7.40. The van der Waals surface area contributed by atoms with Crippen LogP contribution in [-0.2, 0) is 9.59 Å². The van der Waals surface area contributed by atoms with Crippen LogP contribution in [-0.4, -0.2) is 61.1 Å². The summed E-state index contributed by atoms with van der Waals surface area (Å²) in [5.41, 5.74) is 0.772. The minimum Gasteiger partial charge on any atom is -0.486 e. The van der Waals surface area contributed by atoms with Gasteiger partial charge in [0.2, 0.25) is 11.8 Å². The van der Waals surface area contributed by atoms with E-state index in [9.17, 15) is 9.59 Å². The number of carbonyl (C=O) groups is 2. The van der Waals surface area contributed by atoms with Crippen molar-refractivity contribution in [2.24, 2.45) is 5.92 Å². The van der Waals surface area contributed by atoms with Gasteiger partial charge in [-0.25, -0.2) is 0 Å². The average Bonchev–Trinajstić information content (AvgIpc) is 3.03. The first-order chi connectivity index (χ1) is 11.7. The molecule has 3 aliphatic heterocycles. The molecule has 24 heavy (non-hydrogen) atoms. The molecule has 3 heterocycles. The molecule has 128 valence electrons. The predicted octanol–water partition coefficient (Wildman–Crippen LogP) is 1.39. The van der Waals surface area contributed by atoms with Crippen LogP contribution in [0.15, 0.2) is 18.2 Å². The molecule has 0 radical (unpaired) electrons. The maximum Gasteiger partial charge on any atom is 0.228 e. The number of nitrogens with zero attached hydrogens (tertiary/aromatic N) is 2. The van der Waals surface area contributed by atoms with E-state index in [4.69, 9.17) is 9.47 Å². The van der Waals surface area contributed by atoms with Crippen LogP contribution in [0.25, 0.3) is 0 Å². The number of hydrogen-bond acceptors (Lipinski definition) is 5. The SMILES string of the molecule is O=C([C@H]1CC(=O)N(c2ccc3c(c2)OCCO3)C1)N1CCSCC1. The number of rotatable bonds is 2. The molecule has 0 spiro atoms. The molecule has 7 heteroatoms. The highest BCUT2D eigenvalue weighted by Crippen LogP contribution is 2.36. The average molecular weight is 348 g/mol. The van der Waals surface area contributed by atoms with Crippen LogP contribution in [0.3, 0.4) is 0 Å². The summed E-state index contributed by atoms with van der Waals surface area (Å²) in [7, 11) is 0. The van der Waals surface area contributed by atoms with Crippen molar-refractivity contribution >= 4 is 29.3 Å². The lowest BCUT2D eigenvalue weighted by molar-refractivity contribution is -0.135. The van der Waals surface area contributed by atoms with Crippen molar-refractivity contribution in [1.29, 1.82) is 0 Å². The fourth-order valence-corrected chi connectivity index (χ4v) is 4.27. The second kappa shape index (κ2) is 6.55. The van der Waals surface area contributed by atoms with Gasteiger partial charge in [-0.3, -0.25) is 9.59 Å². The molecular weight excluding hydrogens is 328 g/mol. The van der Waals surface area contributed by atoms with Crippen LogP contribution in [0.4, 0.5) is 5.69 Å². The Bertz CT molecular complexity index is 660. The molecule has 0 unspecified atom stereocenters. The molecule has 6 nitrogen and oxygen atoms in total. The highest BCUT2D eigenvalue weighted by Gasteiger charge is 2.37. The molecule has 1 atom stereocenters. The van der Waals surface area contributed by atoms with E-state index in [-0.39, 0.29) is 24.2 Å². The van der Waals surface area contributed by atoms with E-state index in [2.05, 4.69) is 0 Å². The van der Waals surface area contributed by atoms with Crippen LogP contribution in [0.5, 0.6) is 11.5 Å². The van der Waals surface area contributed by atoms with Gasteiger partial charge >= 0.3 is 0 Å². The fraction of sp³-hybridized carbons (Fsp3) is 0.529. The number of hydrogen-bond donors (Lipinski definition) is 0. The molecule has 1 aromatic carbocycles. The Morgan fingerprint density at radius 3 is 2.67 bits per heavy atom. The summed E-state index contributed by atoms with van der Waals surface area (Å²) < 4.78 is 11.1. The first-order valence-corrected chi connectivity index (χ1v) is 9.44. The predicted molar refractivity (Wildman–Crippen MR) is 91.8 cm³/mol. The van der Waals surface area contributed by atoms with Crippen molar-refractivity contribution < 1.29 is 19.1 Å². The smallest absolute Gasteiger partial charge is 0.228 e. The maximum atomic E-state index is 12.6. The summed E-state index contributed by atoms with van der Waals surface area (Å²) >= 11 is 1.87. The normalized spacial score (nSPS) is 23.5. The van der Waals surface area contributed by atoms with E-state index >= 15 is 0 Å². The van der Waals surface area contributed by atoms with E-state index in [0.717, 1.165) is 30.3 Å². The van der Waals surface area contributed by atoms with E-state index < -0.39 is 0 Å². The molecule has 3 aliphatic rings. The zero-order valence-corrected chi connectivity index (χ0v) is 14.2. The minimum atomic E-state index is -0.242. The molecule has 0 N–H and O–H groups in total. The first-order valence-electron chi connectivity index (χ1n) is 8.29. The monoisotopic (exact) mass is 348 g/mol. The van der Waals surface area contributed by atoms with Gasteiger partial charge in [0.05, 0.1) is 5.92 Å². The van der Waals surface area contributed by atoms with Crippen molar-refractivity contribution in [2.45, 2.75) is 6.42 Å². The van der Waals surface area contributed by atoms with Gasteiger partial charge in [-0.15, -0.1) is 0 Å². The standard InChI is InChI=1S/C17H20N2O4S/c20-16-9-12(17(21)18-3-7-24-8-4-18)11-19(16)13-1-2-14-15(10-13)23-6-5-22-14/h1-2,10,12H,3-9,11H2/t12-/m0/s1. The third-order valence-electron chi connectivity index (χ3n) is 4.63. The van der Waals surface area contributed by atoms with Crippen molar-refractivity contribution in [3.8, 4) is 11.5 Å². The number of carbonyl (C=O) groups excluding carboxylic acids is 2. The summed E-state index contributed by atoms with van der Waals surface area (Å²) in [4.78, 5) is 28.7. The van der Waals surface area contributed by atoms with Crippen molar-refractivity contribution in [3.63, 3.8) is 0 Å². The summed E-state index contributed by atoms with van der Waals surface area (Å²) in [6.45, 7) is 3.08. The molecule has 2 amide bonds. The summed E-state index contributed by atoms with van der Waals surface area (Å²) in [6, 6.07) is 5.51. The van der Waals surface area contributed by atoms with Gasteiger partial charge in [-0.05, 0) is 12.1 Å². The Hall–Kier alpha value is -1.89. The van der Waals surface area contributed by atoms with E-state index in [1.807, 2.05) is 34.9 Å². The number of anilines is 1. The largest absolute Gasteiger partial charge is 0.486 e.